The quantitative estimate of drug-likeness (QED) is 0.770. The first-order valence-electron chi connectivity index (χ1n) is 6.14. The predicted molar refractivity (Wildman–Crippen MR) is 61.1 cm³/mol. The van der Waals surface area contributed by atoms with Crippen molar-refractivity contribution in [2.24, 2.45) is 0 Å². The third kappa shape index (κ3) is 2.67. The van der Waals surface area contributed by atoms with Gasteiger partial charge in [-0.2, -0.15) is 0 Å². The summed E-state index contributed by atoms with van der Waals surface area (Å²) < 4.78 is 21.8. The van der Waals surface area contributed by atoms with Gasteiger partial charge in [0.05, 0.1) is 63.4 Å². The van der Waals surface area contributed by atoms with Gasteiger partial charge in [-0.1, -0.05) is 0 Å². The van der Waals surface area contributed by atoms with Gasteiger partial charge in [-0.25, -0.2) is 0 Å². The fourth-order valence-electron chi connectivity index (χ4n) is 2.00. The van der Waals surface area contributed by atoms with E-state index >= 15 is 0 Å². The number of ether oxygens (including phenoxy) is 4. The summed E-state index contributed by atoms with van der Waals surface area (Å²) in [5.74, 6) is 0. The van der Waals surface area contributed by atoms with Crippen LogP contribution in [0.5, 0.6) is 0 Å². The van der Waals surface area contributed by atoms with Crippen LogP contribution in [0.15, 0.2) is 12.4 Å². The zero-order chi connectivity index (χ0) is 12.2. The van der Waals surface area contributed by atoms with Gasteiger partial charge in [0.1, 0.15) is 12.2 Å². The highest BCUT2D eigenvalue weighted by molar-refractivity contribution is 5.08. The third-order valence-corrected chi connectivity index (χ3v) is 2.98. The molecule has 3 heterocycles. The van der Waals surface area contributed by atoms with Crippen molar-refractivity contribution in [3.8, 4) is 0 Å². The zero-order valence-electron chi connectivity index (χ0n) is 10.1. The molecule has 18 heavy (non-hydrogen) atoms. The van der Waals surface area contributed by atoms with E-state index in [1.165, 1.54) is 0 Å². The Labute approximate surface area is 105 Å². The Hall–Kier alpha value is -1.08. The first kappa shape index (κ1) is 12.0. The lowest BCUT2D eigenvalue weighted by atomic mass is 10.2. The lowest BCUT2D eigenvalue weighted by Gasteiger charge is -2.24. The van der Waals surface area contributed by atoms with Crippen molar-refractivity contribution in [2.45, 2.75) is 12.2 Å². The number of hydrogen-bond acceptors (Lipinski definition) is 6. The molecule has 2 fully saturated rings. The minimum atomic E-state index is -0.108. The highest BCUT2D eigenvalue weighted by Gasteiger charge is 2.21. The second kappa shape index (κ2) is 5.71. The molecule has 2 unspecified atom stereocenters. The fraction of sp³-hybridized carbons (Fsp3) is 0.667. The molecule has 6 nitrogen and oxygen atoms in total. The standard InChI is InChI=1S/C12H16N2O4/c1-3-17-11(7-15-1)9-5-14-10(6-13-9)12-8-16-2-4-18-12/h5-6,11-12H,1-4,7-8H2. The molecule has 0 aromatic carbocycles. The van der Waals surface area contributed by atoms with Crippen molar-refractivity contribution in [3.05, 3.63) is 23.8 Å². The van der Waals surface area contributed by atoms with Gasteiger partial charge in [0.15, 0.2) is 0 Å². The number of hydrogen-bond donors (Lipinski definition) is 0. The maximum atomic E-state index is 5.57. The van der Waals surface area contributed by atoms with Crippen molar-refractivity contribution in [3.63, 3.8) is 0 Å². The van der Waals surface area contributed by atoms with Crippen molar-refractivity contribution in [1.82, 2.24) is 9.97 Å². The summed E-state index contributed by atoms with van der Waals surface area (Å²) in [7, 11) is 0. The highest BCUT2D eigenvalue weighted by Crippen LogP contribution is 2.21. The van der Waals surface area contributed by atoms with E-state index in [0.29, 0.717) is 39.6 Å². The molecule has 0 N–H and O–H groups in total. The van der Waals surface area contributed by atoms with E-state index < -0.39 is 0 Å². The van der Waals surface area contributed by atoms with E-state index in [9.17, 15) is 0 Å². The molecule has 6 heteroatoms. The van der Waals surface area contributed by atoms with Gasteiger partial charge in [0.2, 0.25) is 0 Å². The molecule has 0 bridgehead atoms. The van der Waals surface area contributed by atoms with Crippen LogP contribution < -0.4 is 0 Å². The Morgan fingerprint density at radius 1 is 0.778 bits per heavy atom. The van der Waals surface area contributed by atoms with E-state index in [-0.39, 0.29) is 12.2 Å². The molecule has 0 aliphatic carbocycles. The zero-order valence-corrected chi connectivity index (χ0v) is 10.1. The van der Waals surface area contributed by atoms with Gasteiger partial charge in [0, 0.05) is 0 Å². The van der Waals surface area contributed by atoms with Gasteiger partial charge in [-0.05, 0) is 0 Å². The summed E-state index contributed by atoms with van der Waals surface area (Å²) in [4.78, 5) is 8.75. The van der Waals surface area contributed by atoms with Crippen molar-refractivity contribution in [1.29, 1.82) is 0 Å². The Morgan fingerprint density at radius 2 is 1.28 bits per heavy atom. The molecule has 1 aromatic rings. The summed E-state index contributed by atoms with van der Waals surface area (Å²) in [5.41, 5.74) is 1.60. The molecule has 0 radical (unpaired) electrons. The lowest BCUT2D eigenvalue weighted by Crippen LogP contribution is -2.24. The summed E-state index contributed by atoms with van der Waals surface area (Å²) in [6.45, 7) is 3.58. The molecular formula is C12H16N2O4. The van der Waals surface area contributed by atoms with E-state index in [0.717, 1.165) is 11.4 Å². The first-order chi connectivity index (χ1) is 8.93. The van der Waals surface area contributed by atoms with Crippen LogP contribution in [0.3, 0.4) is 0 Å². The summed E-state index contributed by atoms with van der Waals surface area (Å²) in [6, 6.07) is 0. The second-order valence-electron chi connectivity index (χ2n) is 4.23. The minimum absolute atomic E-state index is 0.108. The van der Waals surface area contributed by atoms with Gasteiger partial charge in [-0.3, -0.25) is 9.97 Å². The maximum Gasteiger partial charge on any atom is 0.124 e. The molecule has 2 saturated heterocycles. The largest absolute Gasteiger partial charge is 0.376 e. The van der Waals surface area contributed by atoms with Crippen LogP contribution in [-0.2, 0) is 18.9 Å². The average molecular weight is 252 g/mol. The molecule has 2 aliphatic heterocycles. The summed E-state index contributed by atoms with van der Waals surface area (Å²) in [6.07, 6.45) is 3.24. The Balaban J connectivity index is 1.67. The number of nitrogens with zero attached hydrogens (tertiary/aromatic N) is 2. The lowest BCUT2D eigenvalue weighted by molar-refractivity contribution is -0.0941. The fourth-order valence-corrected chi connectivity index (χ4v) is 2.00. The maximum absolute atomic E-state index is 5.57. The van der Waals surface area contributed by atoms with Gasteiger partial charge < -0.3 is 18.9 Å². The van der Waals surface area contributed by atoms with E-state index in [4.69, 9.17) is 18.9 Å². The Bertz CT molecular complexity index is 335. The van der Waals surface area contributed by atoms with Crippen molar-refractivity contribution in [2.75, 3.05) is 39.6 Å². The van der Waals surface area contributed by atoms with Crippen LogP contribution in [0.1, 0.15) is 23.6 Å². The van der Waals surface area contributed by atoms with E-state index in [2.05, 4.69) is 9.97 Å². The molecule has 3 rings (SSSR count). The number of rotatable bonds is 2. The SMILES string of the molecule is c1nc(C2COCCO2)cnc1C1COCCO1. The topological polar surface area (TPSA) is 62.7 Å². The highest BCUT2D eigenvalue weighted by atomic mass is 16.6. The van der Waals surface area contributed by atoms with Crippen LogP contribution in [0, 0.1) is 0 Å². The monoisotopic (exact) mass is 252 g/mol. The molecule has 98 valence electrons. The summed E-state index contributed by atoms with van der Waals surface area (Å²) in [5, 5.41) is 0. The average Bonchev–Trinajstić information content (AvgIpc) is 2.49. The smallest absolute Gasteiger partial charge is 0.124 e. The van der Waals surface area contributed by atoms with Crippen LogP contribution in [0.2, 0.25) is 0 Å². The van der Waals surface area contributed by atoms with Crippen molar-refractivity contribution >= 4 is 0 Å². The van der Waals surface area contributed by atoms with Gasteiger partial charge >= 0.3 is 0 Å². The molecule has 2 atom stereocenters. The van der Waals surface area contributed by atoms with Crippen LogP contribution >= 0.6 is 0 Å². The summed E-state index contributed by atoms with van der Waals surface area (Å²) >= 11 is 0. The van der Waals surface area contributed by atoms with Crippen LogP contribution in [0.25, 0.3) is 0 Å². The normalized spacial score (nSPS) is 29.1. The molecule has 2 aliphatic rings. The molecule has 0 saturated carbocycles. The van der Waals surface area contributed by atoms with E-state index in [1.54, 1.807) is 12.4 Å². The van der Waals surface area contributed by atoms with Gasteiger partial charge in [-0.15, -0.1) is 0 Å². The predicted octanol–water partition coefficient (Wildman–Crippen LogP) is 0.652. The Kier molecular flexibility index (Phi) is 3.80. The third-order valence-electron chi connectivity index (χ3n) is 2.98. The van der Waals surface area contributed by atoms with Crippen molar-refractivity contribution < 1.29 is 18.9 Å². The second-order valence-corrected chi connectivity index (χ2v) is 4.23. The minimum Gasteiger partial charge on any atom is -0.376 e. The molecule has 0 amide bonds. The van der Waals surface area contributed by atoms with Crippen LogP contribution in [0.4, 0.5) is 0 Å². The molecular weight excluding hydrogens is 236 g/mol. The first-order valence-corrected chi connectivity index (χ1v) is 6.14. The molecule has 0 spiro atoms. The number of aromatic nitrogens is 2. The van der Waals surface area contributed by atoms with Gasteiger partial charge in [0.25, 0.3) is 0 Å². The van der Waals surface area contributed by atoms with Crippen LogP contribution in [-0.4, -0.2) is 49.6 Å². The molecule has 1 aromatic heterocycles. The Morgan fingerprint density at radius 3 is 1.61 bits per heavy atom. The van der Waals surface area contributed by atoms with E-state index in [1.807, 2.05) is 0 Å².